The number of carboxylic acids is 1. The van der Waals surface area contributed by atoms with Gasteiger partial charge < -0.3 is 10.4 Å². The van der Waals surface area contributed by atoms with Crippen LogP contribution in [0.25, 0.3) is 0 Å². The van der Waals surface area contributed by atoms with Gasteiger partial charge in [0.25, 0.3) is 0 Å². The molecule has 0 amide bonds. The summed E-state index contributed by atoms with van der Waals surface area (Å²) in [5, 5.41) is 11.1. The minimum atomic E-state index is -2.24. The van der Waals surface area contributed by atoms with Crippen LogP contribution >= 0.6 is 0 Å². The molecule has 2 atom stereocenters. The van der Waals surface area contributed by atoms with Crippen molar-refractivity contribution in [2.24, 2.45) is 5.92 Å². The van der Waals surface area contributed by atoms with Crippen LogP contribution in [0.2, 0.25) is 0 Å². The van der Waals surface area contributed by atoms with E-state index in [9.17, 15) is 26.7 Å². The summed E-state index contributed by atoms with van der Waals surface area (Å²) in [7, 11) is 0. The van der Waals surface area contributed by atoms with Crippen molar-refractivity contribution >= 4 is 11.7 Å². The zero-order valence-corrected chi connectivity index (χ0v) is 10.0. The van der Waals surface area contributed by atoms with Crippen LogP contribution in [0.15, 0.2) is 0 Å². The maximum Gasteiger partial charge on any atom is 0.308 e. The minimum absolute atomic E-state index is 0.274. The number of halogens is 5. The fraction of sp³-hybridized carbons (Fsp3) is 0.417. The highest BCUT2D eigenvalue weighted by molar-refractivity contribution is 5.72. The quantitative estimate of drug-likeness (QED) is 0.512. The average Bonchev–Trinajstić information content (AvgIpc) is 2.87. The van der Waals surface area contributed by atoms with E-state index in [-0.39, 0.29) is 12.8 Å². The summed E-state index contributed by atoms with van der Waals surface area (Å²) in [6.45, 7) is 0. The summed E-state index contributed by atoms with van der Waals surface area (Å²) >= 11 is 0. The van der Waals surface area contributed by atoms with E-state index in [2.05, 4.69) is 5.32 Å². The highest BCUT2D eigenvalue weighted by Crippen LogP contribution is 2.33. The zero-order valence-electron chi connectivity index (χ0n) is 10.0. The molecule has 0 aliphatic heterocycles. The van der Waals surface area contributed by atoms with Crippen LogP contribution in [-0.4, -0.2) is 17.1 Å². The van der Waals surface area contributed by atoms with Crippen LogP contribution in [0.5, 0.6) is 0 Å². The van der Waals surface area contributed by atoms with Gasteiger partial charge in [0.15, 0.2) is 23.3 Å². The first-order chi connectivity index (χ1) is 9.34. The predicted octanol–water partition coefficient (Wildman–Crippen LogP) is 3.05. The lowest BCUT2D eigenvalue weighted by Gasteiger charge is -2.20. The number of benzene rings is 1. The Labute approximate surface area is 110 Å². The Morgan fingerprint density at radius 2 is 1.45 bits per heavy atom. The SMILES string of the molecule is O=C(O)C1CCCC1Nc1c(F)c(F)c(F)c(F)c1F. The molecule has 0 radical (unpaired) electrons. The normalized spacial score (nSPS) is 22.1. The molecule has 110 valence electrons. The highest BCUT2D eigenvalue weighted by Gasteiger charge is 2.35. The van der Waals surface area contributed by atoms with Gasteiger partial charge >= 0.3 is 5.97 Å². The van der Waals surface area contributed by atoms with Crippen LogP contribution < -0.4 is 5.32 Å². The molecule has 2 N–H and O–H groups in total. The third-order valence-corrected chi connectivity index (χ3v) is 3.37. The molecule has 1 fully saturated rings. The molecule has 0 saturated heterocycles. The van der Waals surface area contributed by atoms with Gasteiger partial charge in [0.1, 0.15) is 5.69 Å². The van der Waals surface area contributed by atoms with Crippen molar-refractivity contribution in [2.75, 3.05) is 5.32 Å². The first kappa shape index (κ1) is 14.5. The molecule has 0 aromatic heterocycles. The number of nitrogens with one attached hydrogen (secondary N) is 1. The lowest BCUT2D eigenvalue weighted by atomic mass is 10.0. The first-order valence-corrected chi connectivity index (χ1v) is 5.85. The first-order valence-electron chi connectivity index (χ1n) is 5.85. The number of anilines is 1. The Morgan fingerprint density at radius 3 is 1.95 bits per heavy atom. The van der Waals surface area contributed by atoms with E-state index in [0.29, 0.717) is 6.42 Å². The topological polar surface area (TPSA) is 49.3 Å². The number of carbonyl (C=O) groups is 1. The second-order valence-corrected chi connectivity index (χ2v) is 4.57. The Balaban J connectivity index is 2.37. The third-order valence-electron chi connectivity index (χ3n) is 3.37. The number of hydrogen-bond acceptors (Lipinski definition) is 2. The third kappa shape index (κ3) is 2.30. The summed E-state index contributed by atoms with van der Waals surface area (Å²) in [5.74, 6) is -12.4. The van der Waals surface area contributed by atoms with Gasteiger partial charge in [-0.1, -0.05) is 6.42 Å². The van der Waals surface area contributed by atoms with E-state index in [1.807, 2.05) is 0 Å². The Morgan fingerprint density at radius 1 is 0.950 bits per heavy atom. The molecule has 3 nitrogen and oxygen atoms in total. The molecule has 1 aromatic carbocycles. The smallest absolute Gasteiger partial charge is 0.308 e. The van der Waals surface area contributed by atoms with Crippen molar-refractivity contribution < 1.29 is 31.9 Å². The predicted molar refractivity (Wildman–Crippen MR) is 58.6 cm³/mol. The number of rotatable bonds is 3. The van der Waals surface area contributed by atoms with Gasteiger partial charge in [0, 0.05) is 6.04 Å². The average molecular weight is 295 g/mol. The van der Waals surface area contributed by atoms with Gasteiger partial charge in [0.2, 0.25) is 5.82 Å². The fourth-order valence-electron chi connectivity index (χ4n) is 2.35. The van der Waals surface area contributed by atoms with Crippen LogP contribution in [0.3, 0.4) is 0 Å². The van der Waals surface area contributed by atoms with Crippen molar-refractivity contribution in [1.82, 2.24) is 0 Å². The molecule has 2 unspecified atom stereocenters. The largest absolute Gasteiger partial charge is 0.481 e. The molecule has 0 heterocycles. The van der Waals surface area contributed by atoms with E-state index in [4.69, 9.17) is 5.11 Å². The van der Waals surface area contributed by atoms with E-state index < -0.39 is 52.7 Å². The monoisotopic (exact) mass is 295 g/mol. The molecular formula is C12H10F5NO2. The molecule has 20 heavy (non-hydrogen) atoms. The van der Waals surface area contributed by atoms with Gasteiger partial charge in [0.05, 0.1) is 5.92 Å². The van der Waals surface area contributed by atoms with E-state index >= 15 is 0 Å². The van der Waals surface area contributed by atoms with Crippen molar-refractivity contribution in [3.63, 3.8) is 0 Å². The second kappa shape index (κ2) is 5.26. The van der Waals surface area contributed by atoms with Gasteiger partial charge in [-0.3, -0.25) is 4.79 Å². The summed E-state index contributed by atoms with van der Waals surface area (Å²) < 4.78 is 65.8. The van der Waals surface area contributed by atoms with E-state index in [1.54, 1.807) is 0 Å². The van der Waals surface area contributed by atoms with Crippen LogP contribution in [0.4, 0.5) is 27.6 Å². The van der Waals surface area contributed by atoms with E-state index in [1.165, 1.54) is 0 Å². The van der Waals surface area contributed by atoms with Crippen LogP contribution in [-0.2, 0) is 4.79 Å². The molecule has 1 aromatic rings. The van der Waals surface area contributed by atoms with Gasteiger partial charge in [-0.15, -0.1) is 0 Å². The van der Waals surface area contributed by atoms with Crippen molar-refractivity contribution in [1.29, 1.82) is 0 Å². The molecule has 1 aliphatic rings. The molecule has 0 bridgehead atoms. The summed E-state index contributed by atoms with van der Waals surface area (Å²) in [4.78, 5) is 10.9. The molecule has 1 aliphatic carbocycles. The Kier molecular flexibility index (Phi) is 3.82. The van der Waals surface area contributed by atoms with Crippen molar-refractivity contribution in [3.8, 4) is 0 Å². The summed E-state index contributed by atoms with van der Waals surface area (Å²) in [6, 6.07) is -0.874. The number of aliphatic carboxylic acids is 1. The Bertz CT molecular complexity index is 534. The molecular weight excluding hydrogens is 285 g/mol. The highest BCUT2D eigenvalue weighted by atomic mass is 19.2. The van der Waals surface area contributed by atoms with E-state index in [0.717, 1.165) is 0 Å². The summed E-state index contributed by atoms with van der Waals surface area (Å²) in [6.07, 6.45) is 1.04. The molecule has 0 spiro atoms. The van der Waals surface area contributed by atoms with Crippen LogP contribution in [0, 0.1) is 35.0 Å². The second-order valence-electron chi connectivity index (χ2n) is 4.57. The minimum Gasteiger partial charge on any atom is -0.481 e. The van der Waals surface area contributed by atoms with Gasteiger partial charge in [-0.2, -0.15) is 0 Å². The maximum atomic E-state index is 13.5. The van der Waals surface area contributed by atoms with Gasteiger partial charge in [-0.25, -0.2) is 22.0 Å². The number of hydrogen-bond donors (Lipinski definition) is 2. The lowest BCUT2D eigenvalue weighted by Crippen LogP contribution is -2.31. The van der Waals surface area contributed by atoms with Crippen molar-refractivity contribution in [3.05, 3.63) is 29.1 Å². The molecule has 8 heteroatoms. The zero-order chi connectivity index (χ0) is 15.0. The van der Waals surface area contributed by atoms with Crippen molar-refractivity contribution in [2.45, 2.75) is 25.3 Å². The fourth-order valence-corrected chi connectivity index (χ4v) is 2.35. The lowest BCUT2D eigenvalue weighted by molar-refractivity contribution is -0.141. The Hall–Kier alpha value is -1.86. The number of carboxylic acid groups (broad SMARTS) is 1. The molecule has 2 rings (SSSR count). The molecule has 1 saturated carbocycles. The standard InChI is InChI=1S/C12H10F5NO2/c13-6-7(14)9(16)11(10(17)8(6)15)18-5-3-1-2-4(5)12(19)20/h4-5,18H,1-3H2,(H,19,20). The summed E-state index contributed by atoms with van der Waals surface area (Å²) in [5.41, 5.74) is -1.18. The van der Waals surface area contributed by atoms with Gasteiger partial charge in [-0.05, 0) is 12.8 Å². The van der Waals surface area contributed by atoms with Crippen LogP contribution in [0.1, 0.15) is 19.3 Å². The maximum absolute atomic E-state index is 13.5.